The van der Waals surface area contributed by atoms with Crippen LogP contribution < -0.4 is 0 Å². The lowest BCUT2D eigenvalue weighted by molar-refractivity contribution is 0.628. The van der Waals surface area contributed by atoms with Gasteiger partial charge < -0.3 is 0 Å². The SMILES string of the molecule is Fc1cccc(-c2ccc3ccc(F)cc3n2)c1. The lowest BCUT2D eigenvalue weighted by atomic mass is 10.1. The molecule has 18 heavy (non-hydrogen) atoms. The number of nitrogens with zero attached hydrogens (tertiary/aromatic N) is 1. The smallest absolute Gasteiger partial charge is 0.125 e. The van der Waals surface area contributed by atoms with Crippen molar-refractivity contribution in [2.45, 2.75) is 0 Å². The maximum absolute atomic E-state index is 13.1. The van der Waals surface area contributed by atoms with Crippen LogP contribution in [0.25, 0.3) is 22.2 Å². The van der Waals surface area contributed by atoms with E-state index in [1.165, 1.54) is 24.3 Å². The summed E-state index contributed by atoms with van der Waals surface area (Å²) < 4.78 is 26.3. The van der Waals surface area contributed by atoms with Gasteiger partial charge in [0, 0.05) is 17.0 Å². The number of hydrogen-bond donors (Lipinski definition) is 0. The molecule has 0 aliphatic carbocycles. The number of rotatable bonds is 1. The monoisotopic (exact) mass is 241 g/mol. The molecule has 3 aromatic rings. The lowest BCUT2D eigenvalue weighted by Crippen LogP contribution is -1.87. The van der Waals surface area contributed by atoms with Crippen LogP contribution in [0.3, 0.4) is 0 Å². The number of benzene rings is 2. The molecule has 0 saturated heterocycles. The molecule has 0 aliphatic rings. The number of hydrogen-bond acceptors (Lipinski definition) is 1. The molecule has 0 N–H and O–H groups in total. The summed E-state index contributed by atoms with van der Waals surface area (Å²) in [7, 11) is 0. The zero-order chi connectivity index (χ0) is 12.5. The lowest BCUT2D eigenvalue weighted by Gasteiger charge is -2.03. The number of fused-ring (bicyclic) bond motifs is 1. The van der Waals surface area contributed by atoms with Gasteiger partial charge in [-0.25, -0.2) is 13.8 Å². The molecule has 2 aromatic carbocycles. The van der Waals surface area contributed by atoms with E-state index in [-0.39, 0.29) is 11.6 Å². The second-order valence-corrected chi connectivity index (χ2v) is 4.04. The Morgan fingerprint density at radius 2 is 1.56 bits per heavy atom. The van der Waals surface area contributed by atoms with Crippen molar-refractivity contribution in [3.8, 4) is 11.3 Å². The fraction of sp³-hybridized carbons (Fsp3) is 0. The minimum absolute atomic E-state index is 0.311. The van der Waals surface area contributed by atoms with Crippen LogP contribution in [0.2, 0.25) is 0 Å². The van der Waals surface area contributed by atoms with Crippen LogP contribution >= 0.6 is 0 Å². The van der Waals surface area contributed by atoms with Crippen molar-refractivity contribution in [3.05, 3.63) is 66.2 Å². The standard InChI is InChI=1S/C15H9F2N/c16-12-3-1-2-11(8-12)14-7-5-10-4-6-13(17)9-15(10)18-14/h1-9H. The van der Waals surface area contributed by atoms with Crippen LogP contribution in [-0.2, 0) is 0 Å². The van der Waals surface area contributed by atoms with Crippen LogP contribution in [-0.4, -0.2) is 4.98 Å². The van der Waals surface area contributed by atoms with Crippen LogP contribution in [0, 0.1) is 11.6 Å². The average Bonchev–Trinajstić information content (AvgIpc) is 2.38. The second kappa shape index (κ2) is 4.18. The van der Waals surface area contributed by atoms with Crippen LogP contribution in [0.1, 0.15) is 0 Å². The molecule has 0 saturated carbocycles. The largest absolute Gasteiger partial charge is 0.248 e. The van der Waals surface area contributed by atoms with Crippen LogP contribution in [0.15, 0.2) is 54.6 Å². The Morgan fingerprint density at radius 3 is 2.39 bits per heavy atom. The summed E-state index contributed by atoms with van der Waals surface area (Å²) in [5, 5.41) is 0.858. The molecule has 1 nitrogen and oxygen atoms in total. The summed E-state index contributed by atoms with van der Waals surface area (Å²) in [4.78, 5) is 4.34. The zero-order valence-corrected chi connectivity index (χ0v) is 9.40. The molecular weight excluding hydrogens is 232 g/mol. The van der Waals surface area contributed by atoms with Gasteiger partial charge in [0.2, 0.25) is 0 Å². The van der Waals surface area contributed by atoms with Gasteiger partial charge in [0.15, 0.2) is 0 Å². The zero-order valence-electron chi connectivity index (χ0n) is 9.40. The molecule has 3 heteroatoms. The molecular formula is C15H9F2N. The molecule has 3 rings (SSSR count). The first-order valence-electron chi connectivity index (χ1n) is 5.55. The quantitative estimate of drug-likeness (QED) is 0.622. The first-order chi connectivity index (χ1) is 8.72. The van der Waals surface area contributed by atoms with Gasteiger partial charge in [-0.05, 0) is 30.3 Å². The first kappa shape index (κ1) is 10.8. The van der Waals surface area contributed by atoms with E-state index in [4.69, 9.17) is 0 Å². The molecule has 0 unspecified atom stereocenters. The molecule has 0 bridgehead atoms. The molecule has 0 radical (unpaired) electrons. The minimum Gasteiger partial charge on any atom is -0.248 e. The second-order valence-electron chi connectivity index (χ2n) is 4.04. The molecule has 0 amide bonds. The van der Waals surface area contributed by atoms with Gasteiger partial charge in [0.25, 0.3) is 0 Å². The summed E-state index contributed by atoms with van der Waals surface area (Å²) in [6.07, 6.45) is 0. The molecule has 1 heterocycles. The van der Waals surface area contributed by atoms with E-state index in [1.807, 2.05) is 6.07 Å². The van der Waals surface area contributed by atoms with Crippen LogP contribution in [0.4, 0.5) is 8.78 Å². The summed E-state index contributed by atoms with van der Waals surface area (Å²) in [5.74, 6) is -0.639. The molecule has 0 aliphatic heterocycles. The Labute approximate surface area is 103 Å². The van der Waals surface area contributed by atoms with E-state index >= 15 is 0 Å². The number of aromatic nitrogens is 1. The minimum atomic E-state index is -0.327. The average molecular weight is 241 g/mol. The van der Waals surface area contributed by atoms with Crippen molar-refractivity contribution in [2.24, 2.45) is 0 Å². The summed E-state index contributed by atoms with van der Waals surface area (Å²) in [6.45, 7) is 0. The van der Waals surface area contributed by atoms with Gasteiger partial charge in [-0.2, -0.15) is 0 Å². The highest BCUT2D eigenvalue weighted by Crippen LogP contribution is 2.22. The predicted octanol–water partition coefficient (Wildman–Crippen LogP) is 4.18. The number of pyridine rings is 1. The fourth-order valence-corrected chi connectivity index (χ4v) is 1.90. The maximum Gasteiger partial charge on any atom is 0.125 e. The van der Waals surface area contributed by atoms with Crippen molar-refractivity contribution in [3.63, 3.8) is 0 Å². The van der Waals surface area contributed by atoms with Crippen molar-refractivity contribution in [2.75, 3.05) is 0 Å². The Kier molecular flexibility index (Phi) is 2.52. The van der Waals surface area contributed by atoms with E-state index in [2.05, 4.69) is 4.98 Å². The third-order valence-corrected chi connectivity index (χ3v) is 2.77. The van der Waals surface area contributed by atoms with Crippen molar-refractivity contribution < 1.29 is 8.78 Å². The van der Waals surface area contributed by atoms with Gasteiger partial charge in [-0.3, -0.25) is 0 Å². The van der Waals surface area contributed by atoms with Crippen LogP contribution in [0.5, 0.6) is 0 Å². The maximum atomic E-state index is 13.1. The Hall–Kier alpha value is -2.29. The Bertz CT molecular complexity index is 723. The summed E-state index contributed by atoms with van der Waals surface area (Å²) in [5.41, 5.74) is 1.88. The molecule has 0 atom stereocenters. The highest BCUT2D eigenvalue weighted by molar-refractivity contribution is 5.81. The number of halogens is 2. The van der Waals surface area contributed by atoms with Gasteiger partial charge >= 0.3 is 0 Å². The fourth-order valence-electron chi connectivity index (χ4n) is 1.90. The van der Waals surface area contributed by atoms with Gasteiger partial charge in [0.05, 0.1) is 11.2 Å². The van der Waals surface area contributed by atoms with Crippen molar-refractivity contribution in [1.29, 1.82) is 0 Å². The summed E-state index contributed by atoms with van der Waals surface area (Å²) in [6, 6.07) is 14.3. The third kappa shape index (κ3) is 1.95. The van der Waals surface area contributed by atoms with E-state index in [9.17, 15) is 8.78 Å². The third-order valence-electron chi connectivity index (χ3n) is 2.77. The Balaban J connectivity index is 2.18. The Morgan fingerprint density at radius 1 is 0.778 bits per heavy atom. The predicted molar refractivity (Wildman–Crippen MR) is 67.1 cm³/mol. The van der Waals surface area contributed by atoms with Gasteiger partial charge in [0.1, 0.15) is 11.6 Å². The van der Waals surface area contributed by atoms with E-state index in [1.54, 1.807) is 24.3 Å². The van der Waals surface area contributed by atoms with Crippen molar-refractivity contribution >= 4 is 10.9 Å². The van der Waals surface area contributed by atoms with E-state index in [0.717, 1.165) is 5.39 Å². The highest BCUT2D eigenvalue weighted by atomic mass is 19.1. The normalized spacial score (nSPS) is 10.8. The van der Waals surface area contributed by atoms with E-state index < -0.39 is 0 Å². The molecule has 0 spiro atoms. The summed E-state index contributed by atoms with van der Waals surface area (Å²) >= 11 is 0. The molecule has 1 aromatic heterocycles. The van der Waals surface area contributed by atoms with Gasteiger partial charge in [-0.15, -0.1) is 0 Å². The highest BCUT2D eigenvalue weighted by Gasteiger charge is 2.03. The van der Waals surface area contributed by atoms with Gasteiger partial charge in [-0.1, -0.05) is 18.2 Å². The van der Waals surface area contributed by atoms with E-state index in [0.29, 0.717) is 16.8 Å². The topological polar surface area (TPSA) is 12.9 Å². The molecule has 0 fully saturated rings. The molecule has 88 valence electrons. The first-order valence-corrected chi connectivity index (χ1v) is 5.55. The van der Waals surface area contributed by atoms with Crippen molar-refractivity contribution in [1.82, 2.24) is 4.98 Å².